The SMILES string of the molecule is O=C(O)c1nc(C(F)F)cc(Br)c1Br. The Hall–Kier alpha value is -0.560. The Bertz CT molecular complexity index is 384. The van der Waals surface area contributed by atoms with Crippen molar-refractivity contribution in [2.45, 2.75) is 6.43 Å². The van der Waals surface area contributed by atoms with E-state index in [0.717, 1.165) is 6.07 Å². The van der Waals surface area contributed by atoms with Crippen LogP contribution < -0.4 is 0 Å². The van der Waals surface area contributed by atoms with Crippen molar-refractivity contribution in [3.8, 4) is 0 Å². The number of aromatic carboxylic acids is 1. The lowest BCUT2D eigenvalue weighted by atomic mass is 10.3. The van der Waals surface area contributed by atoms with Gasteiger partial charge in [-0.05, 0) is 37.9 Å². The van der Waals surface area contributed by atoms with Gasteiger partial charge in [-0.2, -0.15) is 0 Å². The van der Waals surface area contributed by atoms with Gasteiger partial charge in [0.05, 0.1) is 4.47 Å². The molecular formula is C7H3Br2F2NO2. The Morgan fingerprint density at radius 2 is 2.07 bits per heavy atom. The molecule has 0 saturated carbocycles. The molecule has 0 bridgehead atoms. The van der Waals surface area contributed by atoms with Crippen molar-refractivity contribution in [1.82, 2.24) is 4.98 Å². The quantitative estimate of drug-likeness (QED) is 0.905. The van der Waals surface area contributed by atoms with Crippen LogP contribution in [0.4, 0.5) is 8.78 Å². The molecule has 1 rings (SSSR count). The van der Waals surface area contributed by atoms with E-state index in [1.54, 1.807) is 0 Å². The molecule has 0 aromatic carbocycles. The third-order valence-electron chi connectivity index (χ3n) is 1.36. The van der Waals surface area contributed by atoms with Crippen molar-refractivity contribution in [2.75, 3.05) is 0 Å². The second kappa shape index (κ2) is 4.31. The Kier molecular flexibility index (Phi) is 3.54. The van der Waals surface area contributed by atoms with Crippen LogP contribution in [0.5, 0.6) is 0 Å². The van der Waals surface area contributed by atoms with Gasteiger partial charge in [-0.15, -0.1) is 0 Å². The number of carboxylic acids is 1. The highest BCUT2D eigenvalue weighted by Crippen LogP contribution is 2.29. The van der Waals surface area contributed by atoms with Crippen LogP contribution in [0.15, 0.2) is 15.0 Å². The Balaban J connectivity index is 3.35. The fourth-order valence-electron chi connectivity index (χ4n) is 0.770. The first-order chi connectivity index (χ1) is 6.43. The number of carbonyl (C=O) groups is 1. The van der Waals surface area contributed by atoms with Crippen LogP contribution in [0.2, 0.25) is 0 Å². The van der Waals surface area contributed by atoms with E-state index in [-0.39, 0.29) is 8.95 Å². The van der Waals surface area contributed by atoms with E-state index in [1.165, 1.54) is 0 Å². The predicted molar refractivity (Wildman–Crippen MR) is 51.6 cm³/mol. The van der Waals surface area contributed by atoms with Gasteiger partial charge >= 0.3 is 5.97 Å². The number of aromatic nitrogens is 1. The molecule has 0 radical (unpaired) electrons. The third-order valence-corrected chi connectivity index (χ3v) is 3.32. The number of carboxylic acid groups (broad SMARTS) is 1. The standard InChI is InChI=1S/C7H3Br2F2NO2/c8-2-1-3(6(10)11)12-5(4(2)9)7(13)14/h1,6H,(H,13,14). The van der Waals surface area contributed by atoms with Crippen molar-refractivity contribution in [3.63, 3.8) is 0 Å². The van der Waals surface area contributed by atoms with Crippen LogP contribution in [-0.4, -0.2) is 16.1 Å². The summed E-state index contributed by atoms with van der Waals surface area (Å²) >= 11 is 5.88. The van der Waals surface area contributed by atoms with Crippen LogP contribution in [0, 0.1) is 0 Å². The fourth-order valence-corrected chi connectivity index (χ4v) is 1.57. The average molecular weight is 331 g/mol. The molecule has 0 aliphatic rings. The number of alkyl halides is 2. The molecule has 0 fully saturated rings. The molecule has 0 unspecified atom stereocenters. The first-order valence-corrected chi connectivity index (χ1v) is 4.89. The Labute approximate surface area is 94.4 Å². The lowest BCUT2D eigenvalue weighted by Gasteiger charge is -2.04. The van der Waals surface area contributed by atoms with Crippen LogP contribution in [0.3, 0.4) is 0 Å². The minimum atomic E-state index is -2.79. The molecule has 14 heavy (non-hydrogen) atoms. The number of hydrogen-bond acceptors (Lipinski definition) is 2. The zero-order chi connectivity index (χ0) is 10.9. The summed E-state index contributed by atoms with van der Waals surface area (Å²) in [6.07, 6.45) is -2.79. The van der Waals surface area contributed by atoms with Gasteiger partial charge in [0.1, 0.15) is 5.69 Å². The van der Waals surface area contributed by atoms with E-state index < -0.39 is 23.8 Å². The lowest BCUT2D eigenvalue weighted by molar-refractivity contribution is 0.0687. The van der Waals surface area contributed by atoms with Gasteiger partial charge in [-0.25, -0.2) is 18.6 Å². The lowest BCUT2D eigenvalue weighted by Crippen LogP contribution is -2.05. The molecule has 0 amide bonds. The van der Waals surface area contributed by atoms with Gasteiger partial charge in [-0.1, -0.05) is 0 Å². The summed E-state index contributed by atoms with van der Waals surface area (Å²) in [6.45, 7) is 0. The topological polar surface area (TPSA) is 50.2 Å². The van der Waals surface area contributed by atoms with E-state index in [4.69, 9.17) is 5.11 Å². The van der Waals surface area contributed by atoms with Crippen molar-refractivity contribution in [3.05, 3.63) is 26.4 Å². The van der Waals surface area contributed by atoms with E-state index in [0.29, 0.717) is 0 Å². The molecule has 0 aliphatic heterocycles. The van der Waals surface area contributed by atoms with Crippen molar-refractivity contribution in [2.24, 2.45) is 0 Å². The molecule has 0 atom stereocenters. The van der Waals surface area contributed by atoms with Crippen molar-refractivity contribution < 1.29 is 18.7 Å². The van der Waals surface area contributed by atoms with Crippen molar-refractivity contribution in [1.29, 1.82) is 0 Å². The average Bonchev–Trinajstić information content (AvgIpc) is 2.08. The number of nitrogens with zero attached hydrogens (tertiary/aromatic N) is 1. The third kappa shape index (κ3) is 2.27. The van der Waals surface area contributed by atoms with Gasteiger partial charge in [-0.3, -0.25) is 0 Å². The van der Waals surface area contributed by atoms with Gasteiger partial charge in [0.25, 0.3) is 6.43 Å². The summed E-state index contributed by atoms with van der Waals surface area (Å²) in [6, 6.07) is 1.07. The molecule has 1 heterocycles. The zero-order valence-corrected chi connectivity index (χ0v) is 9.64. The second-order valence-electron chi connectivity index (χ2n) is 2.30. The van der Waals surface area contributed by atoms with Crippen LogP contribution in [0.1, 0.15) is 22.6 Å². The summed E-state index contributed by atoms with van der Waals surface area (Å²) < 4.78 is 24.8. The fraction of sp³-hybridized carbons (Fsp3) is 0.143. The molecule has 76 valence electrons. The Morgan fingerprint density at radius 1 is 1.50 bits per heavy atom. The first kappa shape index (κ1) is 11.5. The molecule has 1 aromatic heterocycles. The summed E-state index contributed by atoms with van der Waals surface area (Å²) in [5, 5.41) is 8.64. The molecular weight excluding hydrogens is 328 g/mol. The van der Waals surface area contributed by atoms with Gasteiger partial charge in [0.15, 0.2) is 5.69 Å². The molecule has 0 aliphatic carbocycles. The summed E-state index contributed by atoms with van der Waals surface area (Å²) in [5.74, 6) is -1.36. The monoisotopic (exact) mass is 329 g/mol. The molecule has 3 nitrogen and oxygen atoms in total. The summed E-state index contributed by atoms with van der Waals surface area (Å²) in [7, 11) is 0. The summed E-state index contributed by atoms with van der Waals surface area (Å²) in [5.41, 5.74) is -1.01. The molecule has 1 N–H and O–H groups in total. The maximum Gasteiger partial charge on any atom is 0.355 e. The normalized spacial score (nSPS) is 10.6. The smallest absolute Gasteiger partial charge is 0.355 e. The minimum absolute atomic E-state index is 0.148. The highest BCUT2D eigenvalue weighted by Gasteiger charge is 2.18. The molecule has 0 saturated heterocycles. The first-order valence-electron chi connectivity index (χ1n) is 3.31. The van der Waals surface area contributed by atoms with Crippen LogP contribution >= 0.6 is 31.9 Å². The van der Waals surface area contributed by atoms with E-state index >= 15 is 0 Å². The number of halogens is 4. The highest BCUT2D eigenvalue weighted by atomic mass is 79.9. The maximum atomic E-state index is 12.2. The van der Waals surface area contributed by atoms with Crippen LogP contribution in [-0.2, 0) is 0 Å². The van der Waals surface area contributed by atoms with E-state index in [1.807, 2.05) is 0 Å². The minimum Gasteiger partial charge on any atom is -0.476 e. The largest absolute Gasteiger partial charge is 0.476 e. The zero-order valence-electron chi connectivity index (χ0n) is 6.47. The van der Waals surface area contributed by atoms with Crippen molar-refractivity contribution >= 4 is 37.8 Å². The predicted octanol–water partition coefficient (Wildman–Crippen LogP) is 3.24. The van der Waals surface area contributed by atoms with E-state index in [2.05, 4.69) is 36.8 Å². The number of rotatable bonds is 2. The second-order valence-corrected chi connectivity index (χ2v) is 3.94. The Morgan fingerprint density at radius 3 is 2.50 bits per heavy atom. The molecule has 1 aromatic rings. The van der Waals surface area contributed by atoms with Gasteiger partial charge in [0.2, 0.25) is 0 Å². The maximum absolute atomic E-state index is 12.2. The number of hydrogen-bond donors (Lipinski definition) is 1. The van der Waals surface area contributed by atoms with Crippen LogP contribution in [0.25, 0.3) is 0 Å². The highest BCUT2D eigenvalue weighted by molar-refractivity contribution is 9.13. The van der Waals surface area contributed by atoms with Gasteiger partial charge in [0, 0.05) is 4.47 Å². The molecule has 7 heteroatoms. The summed E-state index contributed by atoms with van der Waals surface area (Å²) in [4.78, 5) is 13.9. The van der Waals surface area contributed by atoms with Gasteiger partial charge < -0.3 is 5.11 Å². The molecule has 0 spiro atoms. The van der Waals surface area contributed by atoms with E-state index in [9.17, 15) is 13.6 Å². The number of pyridine rings is 1.